The summed E-state index contributed by atoms with van der Waals surface area (Å²) in [5.41, 5.74) is 1.73. The third-order valence-electron chi connectivity index (χ3n) is 4.40. The Morgan fingerprint density at radius 1 is 1.38 bits per heavy atom. The summed E-state index contributed by atoms with van der Waals surface area (Å²) in [7, 11) is 1.82. The minimum Gasteiger partial charge on any atom is -0.379 e. The molecule has 8 heteroatoms. The summed E-state index contributed by atoms with van der Waals surface area (Å²) < 4.78 is 8.78. The number of pyridine rings is 1. The molecule has 1 aliphatic rings. The van der Waals surface area contributed by atoms with Crippen LogP contribution in [0.25, 0.3) is 22.2 Å². The Kier molecular flexibility index (Phi) is 3.62. The van der Waals surface area contributed by atoms with Crippen LogP contribution in [-0.4, -0.2) is 37.5 Å². The zero-order chi connectivity index (χ0) is 16.8. The molecule has 124 valence electrons. The first kappa shape index (κ1) is 15.3. The molecule has 3 aromatic rings. The van der Waals surface area contributed by atoms with Crippen LogP contribution in [0.2, 0.25) is 5.15 Å². The number of hydrogen-bond acceptors (Lipinski definition) is 5. The summed E-state index contributed by atoms with van der Waals surface area (Å²) in [4.78, 5) is 21.8. The van der Waals surface area contributed by atoms with Gasteiger partial charge in [-0.05, 0) is 6.07 Å². The lowest BCUT2D eigenvalue weighted by Gasteiger charge is -2.17. The van der Waals surface area contributed by atoms with Gasteiger partial charge in [0, 0.05) is 24.7 Å². The molecule has 0 unspecified atom stereocenters. The fourth-order valence-corrected chi connectivity index (χ4v) is 3.29. The second-order valence-corrected chi connectivity index (χ2v) is 6.52. The fraction of sp³-hybridized carbons (Fsp3) is 0.375. The molecule has 4 heterocycles. The number of fused-ring (bicyclic) bond motifs is 1. The highest BCUT2D eigenvalue weighted by atomic mass is 35.5. The number of ether oxygens (including phenoxy) is 1. The van der Waals surface area contributed by atoms with Crippen LogP contribution in [0.5, 0.6) is 0 Å². The summed E-state index contributed by atoms with van der Waals surface area (Å²) in [5.74, 6) is 0.261. The molecule has 1 fully saturated rings. The van der Waals surface area contributed by atoms with E-state index in [1.54, 1.807) is 27.8 Å². The topological polar surface area (TPSA) is 74.8 Å². The van der Waals surface area contributed by atoms with Crippen LogP contribution in [0.4, 0.5) is 0 Å². The fourth-order valence-electron chi connectivity index (χ4n) is 3.10. The molecule has 0 amide bonds. The Labute approximate surface area is 142 Å². The molecule has 7 nitrogen and oxygen atoms in total. The standard InChI is InChI=1S/C16H16ClN5O2/c1-9-6-24-7-12(9)22-8-18-15-11(16(22)23)3-13(17)20-14(15)10-4-19-21(2)5-10/h3-5,8-9,12H,6-7H2,1-2H3/t9-,12-/m1/s1. The molecule has 3 aromatic heterocycles. The van der Waals surface area contributed by atoms with Gasteiger partial charge in [0.2, 0.25) is 0 Å². The first-order valence-electron chi connectivity index (χ1n) is 7.68. The molecule has 0 saturated carbocycles. The Morgan fingerprint density at radius 2 is 2.21 bits per heavy atom. The molecule has 0 aromatic carbocycles. The van der Waals surface area contributed by atoms with Crippen LogP contribution in [0.1, 0.15) is 13.0 Å². The number of rotatable bonds is 2. The van der Waals surface area contributed by atoms with Gasteiger partial charge in [-0.25, -0.2) is 9.97 Å². The van der Waals surface area contributed by atoms with Gasteiger partial charge in [0.25, 0.3) is 5.56 Å². The predicted molar refractivity (Wildman–Crippen MR) is 90.0 cm³/mol. The Balaban J connectivity index is 1.95. The van der Waals surface area contributed by atoms with E-state index in [0.29, 0.717) is 29.8 Å². The van der Waals surface area contributed by atoms with Crippen molar-refractivity contribution in [1.82, 2.24) is 24.3 Å². The summed E-state index contributed by atoms with van der Waals surface area (Å²) in [6.07, 6.45) is 5.08. The maximum atomic E-state index is 13.0. The van der Waals surface area contributed by atoms with Crippen molar-refractivity contribution in [3.05, 3.63) is 40.3 Å². The lowest BCUT2D eigenvalue weighted by molar-refractivity contribution is 0.181. The number of halogens is 1. The van der Waals surface area contributed by atoms with Gasteiger partial charge in [-0.3, -0.25) is 14.0 Å². The van der Waals surface area contributed by atoms with Crippen molar-refractivity contribution in [2.45, 2.75) is 13.0 Å². The number of aromatic nitrogens is 5. The van der Waals surface area contributed by atoms with Crippen molar-refractivity contribution < 1.29 is 4.74 Å². The van der Waals surface area contributed by atoms with Gasteiger partial charge < -0.3 is 4.74 Å². The quantitative estimate of drug-likeness (QED) is 0.664. The molecule has 1 saturated heterocycles. The molecule has 24 heavy (non-hydrogen) atoms. The van der Waals surface area contributed by atoms with Gasteiger partial charge in [-0.1, -0.05) is 18.5 Å². The van der Waals surface area contributed by atoms with Crippen LogP contribution >= 0.6 is 11.6 Å². The molecule has 0 bridgehead atoms. The van der Waals surface area contributed by atoms with Gasteiger partial charge in [-0.2, -0.15) is 5.10 Å². The highest BCUT2D eigenvalue weighted by Crippen LogP contribution is 2.28. The van der Waals surface area contributed by atoms with E-state index in [2.05, 4.69) is 22.0 Å². The SMILES string of the molecule is C[C@@H]1COC[C@H]1n1cnc2c(-c3cnn(C)c3)nc(Cl)cc2c1=O. The average molecular weight is 346 g/mol. The Morgan fingerprint density at radius 3 is 2.88 bits per heavy atom. The van der Waals surface area contributed by atoms with Gasteiger partial charge in [0.1, 0.15) is 16.4 Å². The lowest BCUT2D eigenvalue weighted by Crippen LogP contribution is -2.28. The molecule has 4 rings (SSSR count). The number of nitrogens with zero attached hydrogens (tertiary/aromatic N) is 5. The largest absolute Gasteiger partial charge is 0.379 e. The van der Waals surface area contributed by atoms with E-state index in [0.717, 1.165) is 5.56 Å². The lowest BCUT2D eigenvalue weighted by atomic mass is 10.1. The monoisotopic (exact) mass is 345 g/mol. The number of aryl methyl sites for hydroxylation is 1. The molecule has 0 N–H and O–H groups in total. The summed E-state index contributed by atoms with van der Waals surface area (Å²) in [5, 5.41) is 4.86. The van der Waals surface area contributed by atoms with Gasteiger partial charge in [0.05, 0.1) is 37.2 Å². The minimum absolute atomic E-state index is 0.0109. The normalized spacial score (nSPS) is 20.8. The zero-order valence-electron chi connectivity index (χ0n) is 13.3. The van der Waals surface area contributed by atoms with Crippen molar-refractivity contribution in [3.8, 4) is 11.3 Å². The van der Waals surface area contributed by atoms with Crippen molar-refractivity contribution in [1.29, 1.82) is 0 Å². The van der Waals surface area contributed by atoms with E-state index in [9.17, 15) is 4.79 Å². The van der Waals surface area contributed by atoms with E-state index in [1.807, 2.05) is 13.2 Å². The van der Waals surface area contributed by atoms with E-state index >= 15 is 0 Å². The smallest absolute Gasteiger partial charge is 0.261 e. The van der Waals surface area contributed by atoms with Crippen molar-refractivity contribution in [3.63, 3.8) is 0 Å². The van der Waals surface area contributed by atoms with Gasteiger partial charge in [-0.15, -0.1) is 0 Å². The molecule has 0 aliphatic carbocycles. The van der Waals surface area contributed by atoms with Crippen LogP contribution in [0.3, 0.4) is 0 Å². The number of hydrogen-bond donors (Lipinski definition) is 0. The molecule has 1 aliphatic heterocycles. The average Bonchev–Trinajstić information content (AvgIpc) is 3.16. The highest BCUT2D eigenvalue weighted by molar-refractivity contribution is 6.30. The van der Waals surface area contributed by atoms with Gasteiger partial charge >= 0.3 is 0 Å². The van der Waals surface area contributed by atoms with Crippen molar-refractivity contribution >= 4 is 22.5 Å². The van der Waals surface area contributed by atoms with Crippen LogP contribution < -0.4 is 5.56 Å². The van der Waals surface area contributed by atoms with Gasteiger partial charge in [0.15, 0.2) is 0 Å². The van der Waals surface area contributed by atoms with E-state index < -0.39 is 0 Å². The molecular formula is C16H16ClN5O2. The minimum atomic E-state index is -0.128. The first-order valence-corrected chi connectivity index (χ1v) is 8.06. The van der Waals surface area contributed by atoms with Crippen LogP contribution in [0.15, 0.2) is 29.6 Å². The molecule has 0 radical (unpaired) electrons. The molecule has 0 spiro atoms. The molecular weight excluding hydrogens is 330 g/mol. The summed E-state index contributed by atoms with van der Waals surface area (Å²) in [6, 6.07) is 1.56. The third-order valence-corrected chi connectivity index (χ3v) is 4.59. The highest BCUT2D eigenvalue weighted by Gasteiger charge is 2.27. The van der Waals surface area contributed by atoms with E-state index in [4.69, 9.17) is 16.3 Å². The zero-order valence-corrected chi connectivity index (χ0v) is 14.1. The Bertz CT molecular complexity index is 980. The Hall–Kier alpha value is -2.25. The maximum Gasteiger partial charge on any atom is 0.261 e. The van der Waals surface area contributed by atoms with Crippen LogP contribution in [0, 0.1) is 5.92 Å². The first-order chi connectivity index (χ1) is 11.5. The predicted octanol–water partition coefficient (Wildman–Crippen LogP) is 2.05. The van der Waals surface area contributed by atoms with Crippen molar-refractivity contribution in [2.75, 3.05) is 13.2 Å². The summed E-state index contributed by atoms with van der Waals surface area (Å²) in [6.45, 7) is 3.23. The molecule has 2 atom stereocenters. The maximum absolute atomic E-state index is 13.0. The van der Waals surface area contributed by atoms with E-state index in [-0.39, 0.29) is 22.7 Å². The second-order valence-electron chi connectivity index (χ2n) is 6.13. The van der Waals surface area contributed by atoms with E-state index in [1.165, 1.54) is 0 Å². The third kappa shape index (κ3) is 2.40. The summed E-state index contributed by atoms with van der Waals surface area (Å²) >= 11 is 6.15. The van der Waals surface area contributed by atoms with Crippen molar-refractivity contribution in [2.24, 2.45) is 13.0 Å². The van der Waals surface area contributed by atoms with Crippen LogP contribution in [-0.2, 0) is 11.8 Å². The second kappa shape index (κ2) is 5.68.